The highest BCUT2D eigenvalue weighted by atomic mass is 79.9. The van der Waals surface area contributed by atoms with Gasteiger partial charge in [-0.15, -0.1) is 0 Å². The predicted molar refractivity (Wildman–Crippen MR) is 98.6 cm³/mol. The number of urea groups is 1. The average molecular weight is 401 g/mol. The van der Waals surface area contributed by atoms with Gasteiger partial charge < -0.3 is 15.4 Å². The number of carbonyl (C=O) groups is 2. The topological polar surface area (TPSA) is 67.4 Å². The number of ketones is 1. The van der Waals surface area contributed by atoms with Gasteiger partial charge in [0.1, 0.15) is 5.75 Å². The van der Waals surface area contributed by atoms with Crippen LogP contribution in [0.1, 0.15) is 28.9 Å². The Labute approximate surface area is 154 Å². The molecule has 0 aliphatic carbocycles. The quantitative estimate of drug-likeness (QED) is 0.762. The first-order chi connectivity index (χ1) is 12.0. The fraction of sp³-hybridized carbons (Fsp3) is 0.158. The summed E-state index contributed by atoms with van der Waals surface area (Å²) in [5, 5.41) is 5.52. The van der Waals surface area contributed by atoms with Crippen molar-refractivity contribution in [2.75, 3.05) is 7.11 Å². The Morgan fingerprint density at radius 3 is 2.56 bits per heavy atom. The maximum absolute atomic E-state index is 13.1. The van der Waals surface area contributed by atoms with E-state index in [0.29, 0.717) is 28.1 Å². The van der Waals surface area contributed by atoms with E-state index in [1.165, 1.54) is 0 Å². The molecule has 2 aromatic rings. The number of allylic oxidation sites excluding steroid dienone is 1. The van der Waals surface area contributed by atoms with E-state index in [0.717, 1.165) is 4.47 Å². The lowest BCUT2D eigenvalue weighted by molar-refractivity contribution is 0.102. The number of carbonyl (C=O) groups excluding carboxylic acids is 2. The summed E-state index contributed by atoms with van der Waals surface area (Å²) in [5.41, 5.74) is 2.30. The van der Waals surface area contributed by atoms with Crippen LogP contribution in [0.25, 0.3) is 0 Å². The summed E-state index contributed by atoms with van der Waals surface area (Å²) in [6.45, 7) is 1.73. The van der Waals surface area contributed by atoms with Crippen LogP contribution in [0.15, 0.2) is 64.3 Å². The minimum Gasteiger partial charge on any atom is -0.496 e. The van der Waals surface area contributed by atoms with E-state index < -0.39 is 6.04 Å². The SMILES string of the molecule is COc1ccc(Br)cc1[C@H]1NC(=O)NC(C)=C1C(=O)c1ccccc1. The number of amides is 2. The summed E-state index contributed by atoms with van der Waals surface area (Å²) in [7, 11) is 1.56. The highest BCUT2D eigenvalue weighted by molar-refractivity contribution is 9.10. The molecule has 1 atom stereocenters. The van der Waals surface area contributed by atoms with Gasteiger partial charge in [-0.3, -0.25) is 4.79 Å². The van der Waals surface area contributed by atoms with E-state index in [4.69, 9.17) is 4.74 Å². The second-order valence-corrected chi connectivity index (χ2v) is 6.57. The van der Waals surface area contributed by atoms with Crippen molar-refractivity contribution in [2.24, 2.45) is 0 Å². The molecule has 2 amide bonds. The fourth-order valence-corrected chi connectivity index (χ4v) is 3.28. The number of methoxy groups -OCH3 is 1. The second kappa shape index (κ2) is 7.11. The van der Waals surface area contributed by atoms with Crippen molar-refractivity contribution < 1.29 is 14.3 Å². The standard InChI is InChI=1S/C19H17BrN2O3/c1-11-16(18(23)12-6-4-3-5-7-12)17(22-19(24)21-11)14-10-13(20)8-9-15(14)25-2/h3-10,17H,1-2H3,(H2,21,22,24)/t17-/m1/s1. The number of rotatable bonds is 4. The van der Waals surface area contributed by atoms with Gasteiger partial charge >= 0.3 is 6.03 Å². The zero-order valence-electron chi connectivity index (χ0n) is 13.8. The summed E-state index contributed by atoms with van der Waals surface area (Å²) < 4.78 is 6.26. The third-order valence-electron chi connectivity index (χ3n) is 4.05. The minimum absolute atomic E-state index is 0.141. The Morgan fingerprint density at radius 1 is 1.16 bits per heavy atom. The molecule has 0 unspecified atom stereocenters. The molecule has 1 aliphatic heterocycles. The molecule has 0 bridgehead atoms. The van der Waals surface area contributed by atoms with Gasteiger partial charge in [0.05, 0.1) is 13.2 Å². The van der Waals surface area contributed by atoms with E-state index in [1.807, 2.05) is 30.3 Å². The number of hydrogen-bond acceptors (Lipinski definition) is 3. The first kappa shape index (κ1) is 17.2. The van der Waals surface area contributed by atoms with E-state index in [2.05, 4.69) is 26.6 Å². The van der Waals surface area contributed by atoms with Gasteiger partial charge in [-0.1, -0.05) is 46.3 Å². The number of nitrogens with one attached hydrogen (secondary N) is 2. The third kappa shape index (κ3) is 3.44. The van der Waals surface area contributed by atoms with E-state index in [1.54, 1.807) is 32.2 Å². The van der Waals surface area contributed by atoms with Crippen molar-refractivity contribution in [1.29, 1.82) is 0 Å². The summed E-state index contributed by atoms with van der Waals surface area (Å²) in [6, 6.07) is 13.5. The first-order valence-corrected chi connectivity index (χ1v) is 8.52. The van der Waals surface area contributed by atoms with Crippen LogP contribution in [0.5, 0.6) is 5.75 Å². The van der Waals surface area contributed by atoms with Crippen LogP contribution in [0.3, 0.4) is 0 Å². The van der Waals surface area contributed by atoms with Gasteiger partial charge in [-0.05, 0) is 25.1 Å². The highest BCUT2D eigenvalue weighted by Gasteiger charge is 2.33. The Balaban J connectivity index is 2.14. The molecular formula is C19H17BrN2O3. The number of halogens is 1. The maximum Gasteiger partial charge on any atom is 0.319 e. The molecule has 0 aromatic heterocycles. The molecule has 25 heavy (non-hydrogen) atoms. The molecule has 6 heteroatoms. The molecule has 1 aliphatic rings. The van der Waals surface area contributed by atoms with E-state index in [9.17, 15) is 9.59 Å². The van der Waals surface area contributed by atoms with Gasteiger partial charge in [-0.2, -0.15) is 0 Å². The predicted octanol–water partition coefficient (Wildman–Crippen LogP) is 3.97. The number of hydrogen-bond donors (Lipinski definition) is 2. The van der Waals surface area contributed by atoms with Crippen molar-refractivity contribution in [2.45, 2.75) is 13.0 Å². The van der Waals surface area contributed by atoms with Crippen LogP contribution in [0.4, 0.5) is 4.79 Å². The number of ether oxygens (including phenoxy) is 1. The number of benzene rings is 2. The lowest BCUT2D eigenvalue weighted by Crippen LogP contribution is -2.45. The molecule has 5 nitrogen and oxygen atoms in total. The second-order valence-electron chi connectivity index (χ2n) is 5.65. The maximum atomic E-state index is 13.1. The van der Waals surface area contributed by atoms with Crippen LogP contribution in [-0.2, 0) is 0 Å². The van der Waals surface area contributed by atoms with Crippen molar-refractivity contribution in [3.8, 4) is 5.75 Å². The Hall–Kier alpha value is -2.60. The summed E-state index contributed by atoms with van der Waals surface area (Å²) in [4.78, 5) is 25.1. The minimum atomic E-state index is -0.603. The smallest absolute Gasteiger partial charge is 0.319 e. The third-order valence-corrected chi connectivity index (χ3v) is 4.55. The molecule has 0 saturated carbocycles. The van der Waals surface area contributed by atoms with Crippen LogP contribution in [0.2, 0.25) is 0 Å². The monoisotopic (exact) mass is 400 g/mol. The molecule has 3 rings (SSSR count). The van der Waals surface area contributed by atoms with Gasteiger partial charge in [0.15, 0.2) is 5.78 Å². The normalized spacial score (nSPS) is 16.9. The average Bonchev–Trinajstić information content (AvgIpc) is 2.61. The molecule has 0 fully saturated rings. The van der Waals surface area contributed by atoms with Crippen LogP contribution >= 0.6 is 15.9 Å². The Bertz CT molecular complexity index is 862. The van der Waals surface area contributed by atoms with Crippen molar-refractivity contribution >= 4 is 27.7 Å². The molecule has 2 aromatic carbocycles. The molecule has 0 radical (unpaired) electrons. The van der Waals surface area contributed by atoms with E-state index >= 15 is 0 Å². The highest BCUT2D eigenvalue weighted by Crippen LogP contribution is 2.36. The van der Waals surface area contributed by atoms with Gasteiger partial charge in [0.25, 0.3) is 0 Å². The van der Waals surface area contributed by atoms with Gasteiger partial charge in [-0.25, -0.2) is 4.79 Å². The fourth-order valence-electron chi connectivity index (χ4n) is 2.90. The summed E-state index contributed by atoms with van der Waals surface area (Å²) >= 11 is 3.44. The molecule has 2 N–H and O–H groups in total. The van der Waals surface area contributed by atoms with Crippen molar-refractivity contribution in [3.05, 3.63) is 75.4 Å². The zero-order chi connectivity index (χ0) is 18.0. The first-order valence-electron chi connectivity index (χ1n) is 7.72. The molecule has 0 saturated heterocycles. The zero-order valence-corrected chi connectivity index (χ0v) is 15.4. The van der Waals surface area contributed by atoms with Gasteiger partial charge in [0, 0.05) is 26.9 Å². The van der Waals surface area contributed by atoms with Crippen LogP contribution in [-0.4, -0.2) is 18.9 Å². The summed E-state index contributed by atoms with van der Waals surface area (Å²) in [6.07, 6.45) is 0. The molecule has 128 valence electrons. The lowest BCUT2D eigenvalue weighted by atomic mass is 9.89. The Morgan fingerprint density at radius 2 is 1.88 bits per heavy atom. The summed E-state index contributed by atoms with van der Waals surface area (Å²) in [5.74, 6) is 0.458. The molecule has 0 spiro atoms. The number of Topliss-reactive ketones (excluding diaryl/α,β-unsaturated/α-hetero) is 1. The van der Waals surface area contributed by atoms with E-state index in [-0.39, 0.29) is 11.8 Å². The largest absolute Gasteiger partial charge is 0.496 e. The van der Waals surface area contributed by atoms with Crippen molar-refractivity contribution in [3.63, 3.8) is 0 Å². The lowest BCUT2D eigenvalue weighted by Gasteiger charge is -2.29. The van der Waals surface area contributed by atoms with Crippen LogP contribution < -0.4 is 15.4 Å². The Kier molecular flexibility index (Phi) is 4.90. The van der Waals surface area contributed by atoms with Crippen LogP contribution in [0, 0.1) is 0 Å². The molecule has 1 heterocycles. The van der Waals surface area contributed by atoms with Crippen molar-refractivity contribution in [1.82, 2.24) is 10.6 Å². The molecular weight excluding hydrogens is 384 g/mol. The van der Waals surface area contributed by atoms with Gasteiger partial charge in [0.2, 0.25) is 0 Å².